The molecule has 22 heavy (non-hydrogen) atoms. The van der Waals surface area contributed by atoms with Crippen LogP contribution in [0, 0.1) is 0 Å². The summed E-state index contributed by atoms with van der Waals surface area (Å²) in [7, 11) is 3.02. The summed E-state index contributed by atoms with van der Waals surface area (Å²) in [4.78, 5) is 0. The summed E-state index contributed by atoms with van der Waals surface area (Å²) >= 11 is 0. The van der Waals surface area contributed by atoms with E-state index in [9.17, 15) is 0 Å². The number of ether oxygens (including phenoxy) is 2. The van der Waals surface area contributed by atoms with Crippen molar-refractivity contribution in [2.45, 2.75) is 13.2 Å². The third kappa shape index (κ3) is 5.51. The number of rotatable bonds is 4. The summed E-state index contributed by atoms with van der Waals surface area (Å²) < 4.78 is 9.73. The molecule has 120 valence electrons. The maximum absolute atomic E-state index is 9.07. The highest BCUT2D eigenvalue weighted by Crippen LogP contribution is 2.21. The standard InChI is InChI=1S/2C8H10O3/c2*1-11-8-3-6(5-9)2-7(10)4-8/h2*2-4,9-10H,5H2,1H3. The zero-order valence-corrected chi connectivity index (χ0v) is 12.5. The molecule has 0 amide bonds. The van der Waals surface area contributed by atoms with E-state index in [-0.39, 0.29) is 24.7 Å². The van der Waals surface area contributed by atoms with Crippen LogP contribution in [0.2, 0.25) is 0 Å². The predicted octanol–water partition coefficient (Wildman–Crippen LogP) is 1.79. The molecule has 0 spiro atoms. The van der Waals surface area contributed by atoms with Crippen molar-refractivity contribution in [1.29, 1.82) is 0 Å². The van der Waals surface area contributed by atoms with Gasteiger partial charge in [-0.15, -0.1) is 0 Å². The van der Waals surface area contributed by atoms with E-state index in [4.69, 9.17) is 29.9 Å². The van der Waals surface area contributed by atoms with Gasteiger partial charge in [-0.05, 0) is 35.4 Å². The normalized spacial score (nSPS) is 9.64. The van der Waals surface area contributed by atoms with E-state index in [0.29, 0.717) is 22.6 Å². The van der Waals surface area contributed by atoms with Crippen LogP contribution in [0.3, 0.4) is 0 Å². The van der Waals surface area contributed by atoms with Gasteiger partial charge in [0, 0.05) is 12.1 Å². The van der Waals surface area contributed by atoms with E-state index in [1.54, 1.807) is 12.1 Å². The number of methoxy groups -OCH3 is 2. The highest BCUT2D eigenvalue weighted by atomic mass is 16.5. The van der Waals surface area contributed by atoms with Gasteiger partial charge in [0.2, 0.25) is 0 Å². The zero-order chi connectivity index (χ0) is 16.5. The van der Waals surface area contributed by atoms with Gasteiger partial charge in [-0.25, -0.2) is 0 Å². The Morgan fingerprint density at radius 2 is 1.05 bits per heavy atom. The van der Waals surface area contributed by atoms with Crippen LogP contribution in [0.1, 0.15) is 11.1 Å². The van der Waals surface area contributed by atoms with Crippen molar-refractivity contribution in [3.8, 4) is 23.0 Å². The fourth-order valence-corrected chi connectivity index (χ4v) is 1.71. The molecule has 6 heteroatoms. The second kappa shape index (κ2) is 8.76. The Morgan fingerprint density at radius 1 is 0.682 bits per heavy atom. The van der Waals surface area contributed by atoms with Crippen LogP contribution in [0.5, 0.6) is 23.0 Å². The lowest BCUT2D eigenvalue weighted by Gasteiger charge is -2.02. The second-order valence-corrected chi connectivity index (χ2v) is 4.39. The highest BCUT2D eigenvalue weighted by molar-refractivity contribution is 5.37. The van der Waals surface area contributed by atoms with Gasteiger partial charge < -0.3 is 29.9 Å². The summed E-state index contributed by atoms with van der Waals surface area (Å²) in [6.45, 7) is -0.185. The van der Waals surface area contributed by atoms with E-state index in [1.165, 1.54) is 38.5 Å². The van der Waals surface area contributed by atoms with Crippen LogP contribution >= 0.6 is 0 Å². The van der Waals surface area contributed by atoms with Gasteiger partial charge in [-0.1, -0.05) is 0 Å². The van der Waals surface area contributed by atoms with Crippen LogP contribution in [0.4, 0.5) is 0 Å². The van der Waals surface area contributed by atoms with Crippen LogP contribution in [0.25, 0.3) is 0 Å². The topological polar surface area (TPSA) is 99.4 Å². The van der Waals surface area contributed by atoms with Crippen LogP contribution in [0.15, 0.2) is 36.4 Å². The first-order valence-corrected chi connectivity index (χ1v) is 6.48. The van der Waals surface area contributed by atoms with Gasteiger partial charge in [0.25, 0.3) is 0 Å². The van der Waals surface area contributed by atoms with E-state index in [0.717, 1.165) is 0 Å². The Morgan fingerprint density at radius 3 is 1.32 bits per heavy atom. The van der Waals surface area contributed by atoms with Gasteiger partial charge in [0.15, 0.2) is 0 Å². The lowest BCUT2D eigenvalue weighted by Crippen LogP contribution is -1.86. The minimum Gasteiger partial charge on any atom is -0.508 e. The number of aliphatic hydroxyl groups is 2. The number of aromatic hydroxyl groups is 2. The summed E-state index contributed by atoms with van der Waals surface area (Å²) in [6, 6.07) is 9.28. The molecule has 0 heterocycles. The number of hydrogen-bond donors (Lipinski definition) is 4. The summed E-state index contributed by atoms with van der Waals surface area (Å²) in [6.07, 6.45) is 0. The summed E-state index contributed by atoms with van der Waals surface area (Å²) in [5, 5.41) is 35.6. The first kappa shape index (κ1) is 17.6. The monoisotopic (exact) mass is 308 g/mol. The molecule has 2 rings (SSSR count). The molecule has 0 saturated carbocycles. The summed E-state index contributed by atoms with van der Waals surface area (Å²) in [5.74, 6) is 1.31. The van der Waals surface area contributed by atoms with Gasteiger partial charge in [0.05, 0.1) is 27.4 Å². The number of hydrogen-bond acceptors (Lipinski definition) is 6. The minimum absolute atomic E-state index is 0.0925. The molecule has 4 N–H and O–H groups in total. The highest BCUT2D eigenvalue weighted by Gasteiger charge is 1.98. The van der Waals surface area contributed by atoms with Crippen molar-refractivity contribution in [3.63, 3.8) is 0 Å². The molecule has 0 atom stereocenters. The molecule has 0 fully saturated rings. The molecule has 0 radical (unpaired) electrons. The first-order valence-electron chi connectivity index (χ1n) is 6.48. The quantitative estimate of drug-likeness (QED) is 0.687. The largest absolute Gasteiger partial charge is 0.508 e. The Bertz CT molecular complexity index is 499. The molecular formula is C16H20O6. The molecule has 6 nitrogen and oxygen atoms in total. The fourth-order valence-electron chi connectivity index (χ4n) is 1.71. The maximum atomic E-state index is 9.07. The molecule has 0 aromatic heterocycles. The van der Waals surface area contributed by atoms with Crippen molar-refractivity contribution in [2.24, 2.45) is 0 Å². The van der Waals surface area contributed by atoms with E-state index < -0.39 is 0 Å². The average molecular weight is 308 g/mol. The first-order chi connectivity index (χ1) is 10.5. The fraction of sp³-hybridized carbons (Fsp3) is 0.250. The molecule has 2 aromatic carbocycles. The van der Waals surface area contributed by atoms with Crippen molar-refractivity contribution < 1.29 is 29.9 Å². The van der Waals surface area contributed by atoms with Gasteiger partial charge in [-0.3, -0.25) is 0 Å². The SMILES string of the molecule is COc1cc(O)cc(CO)c1.COc1cc(O)cc(CO)c1. The van der Waals surface area contributed by atoms with Gasteiger partial charge in [-0.2, -0.15) is 0 Å². The third-order valence-corrected chi connectivity index (χ3v) is 2.74. The van der Waals surface area contributed by atoms with E-state index in [1.807, 2.05) is 0 Å². The number of aliphatic hydroxyl groups excluding tert-OH is 2. The Labute approximate surface area is 128 Å². The number of phenolic OH excluding ortho intramolecular Hbond substituents is 2. The average Bonchev–Trinajstić information content (AvgIpc) is 2.53. The smallest absolute Gasteiger partial charge is 0.122 e. The van der Waals surface area contributed by atoms with Gasteiger partial charge in [0.1, 0.15) is 23.0 Å². The molecule has 0 aliphatic rings. The zero-order valence-electron chi connectivity index (χ0n) is 12.5. The number of benzene rings is 2. The maximum Gasteiger partial charge on any atom is 0.122 e. The second-order valence-electron chi connectivity index (χ2n) is 4.39. The molecule has 0 aliphatic heterocycles. The van der Waals surface area contributed by atoms with E-state index >= 15 is 0 Å². The molecular weight excluding hydrogens is 288 g/mol. The lowest BCUT2D eigenvalue weighted by atomic mass is 10.2. The molecule has 0 unspecified atom stereocenters. The van der Waals surface area contributed by atoms with Crippen molar-refractivity contribution in [3.05, 3.63) is 47.5 Å². The molecule has 0 aliphatic carbocycles. The third-order valence-electron chi connectivity index (χ3n) is 2.74. The lowest BCUT2D eigenvalue weighted by molar-refractivity contribution is 0.280. The van der Waals surface area contributed by atoms with Crippen molar-refractivity contribution >= 4 is 0 Å². The molecule has 2 aromatic rings. The number of phenols is 2. The van der Waals surface area contributed by atoms with Crippen LogP contribution in [-0.2, 0) is 13.2 Å². The Hall–Kier alpha value is -2.44. The molecule has 0 bridgehead atoms. The van der Waals surface area contributed by atoms with Gasteiger partial charge >= 0.3 is 0 Å². The van der Waals surface area contributed by atoms with E-state index in [2.05, 4.69) is 0 Å². The Kier molecular flexibility index (Phi) is 7.01. The molecule has 0 saturated heterocycles. The Balaban J connectivity index is 0.000000220. The van der Waals surface area contributed by atoms with Crippen molar-refractivity contribution in [1.82, 2.24) is 0 Å². The van der Waals surface area contributed by atoms with Crippen LogP contribution < -0.4 is 9.47 Å². The minimum atomic E-state index is -0.0925. The van der Waals surface area contributed by atoms with Crippen LogP contribution in [-0.4, -0.2) is 34.6 Å². The van der Waals surface area contributed by atoms with Crippen molar-refractivity contribution in [2.75, 3.05) is 14.2 Å². The predicted molar refractivity (Wildman–Crippen MR) is 81.2 cm³/mol. The summed E-state index contributed by atoms with van der Waals surface area (Å²) in [5.41, 5.74) is 1.28.